The van der Waals surface area contributed by atoms with Crippen LogP contribution in [0.4, 0.5) is 0 Å². The number of aromatic nitrogens is 1. The van der Waals surface area contributed by atoms with E-state index in [1.165, 1.54) is 20.3 Å². The fourth-order valence-electron chi connectivity index (χ4n) is 3.25. The van der Waals surface area contributed by atoms with Crippen LogP contribution in [-0.2, 0) is 21.2 Å². The van der Waals surface area contributed by atoms with E-state index in [-0.39, 0.29) is 22.6 Å². The summed E-state index contributed by atoms with van der Waals surface area (Å²) in [6, 6.07) is 6.69. The Labute approximate surface area is 159 Å². The van der Waals surface area contributed by atoms with E-state index in [1.807, 2.05) is 19.1 Å². The molecular weight excluding hydrogens is 368 g/mol. The van der Waals surface area contributed by atoms with E-state index < -0.39 is 10.0 Å². The quantitative estimate of drug-likeness (QED) is 0.775. The third-order valence-electron chi connectivity index (χ3n) is 4.72. The number of pyridine rings is 1. The molecule has 2 heterocycles. The lowest BCUT2D eigenvalue weighted by Crippen LogP contribution is -2.40. The molecule has 1 aromatic heterocycles. The number of hydrogen-bond donors (Lipinski definition) is 1. The summed E-state index contributed by atoms with van der Waals surface area (Å²) < 4.78 is 45.0. The van der Waals surface area contributed by atoms with Crippen molar-refractivity contribution in [2.75, 3.05) is 27.4 Å². The van der Waals surface area contributed by atoms with Gasteiger partial charge in [0.15, 0.2) is 0 Å². The molecular formula is C19H24N2O5S. The van der Waals surface area contributed by atoms with Crippen LogP contribution in [0.25, 0.3) is 0 Å². The van der Waals surface area contributed by atoms with Gasteiger partial charge in [0.2, 0.25) is 10.0 Å². The highest BCUT2D eigenvalue weighted by atomic mass is 32.2. The lowest BCUT2D eigenvalue weighted by atomic mass is 9.96. The number of hydrogen-bond acceptors (Lipinski definition) is 6. The van der Waals surface area contributed by atoms with Gasteiger partial charge in [-0.1, -0.05) is 0 Å². The summed E-state index contributed by atoms with van der Waals surface area (Å²) in [5.41, 5.74) is 1.90. The maximum atomic E-state index is 13.0. The molecule has 1 aliphatic rings. The maximum Gasteiger partial charge on any atom is 0.244 e. The van der Waals surface area contributed by atoms with Crippen molar-refractivity contribution >= 4 is 10.0 Å². The lowest BCUT2D eigenvalue weighted by Gasteiger charge is -2.20. The van der Waals surface area contributed by atoms with Crippen molar-refractivity contribution in [3.05, 3.63) is 47.8 Å². The van der Waals surface area contributed by atoms with Gasteiger partial charge in [0.1, 0.15) is 16.4 Å². The van der Waals surface area contributed by atoms with Crippen molar-refractivity contribution in [2.24, 2.45) is 5.92 Å². The number of rotatable bonds is 7. The highest BCUT2D eigenvalue weighted by Crippen LogP contribution is 2.32. The third-order valence-corrected chi connectivity index (χ3v) is 6.23. The third kappa shape index (κ3) is 4.40. The molecule has 1 fully saturated rings. The zero-order valence-corrected chi connectivity index (χ0v) is 16.5. The Hall–Kier alpha value is -2.16. The fourth-order valence-corrected chi connectivity index (χ4v) is 4.70. The molecule has 1 aromatic carbocycles. The molecule has 3 rings (SSSR count). The van der Waals surface area contributed by atoms with Gasteiger partial charge in [-0.2, -0.15) is 0 Å². The van der Waals surface area contributed by atoms with Crippen molar-refractivity contribution in [3.63, 3.8) is 0 Å². The van der Waals surface area contributed by atoms with E-state index >= 15 is 0 Å². The Bertz CT molecular complexity index is 886. The van der Waals surface area contributed by atoms with Gasteiger partial charge >= 0.3 is 0 Å². The summed E-state index contributed by atoms with van der Waals surface area (Å²) >= 11 is 0. The van der Waals surface area contributed by atoms with Crippen molar-refractivity contribution in [2.45, 2.75) is 24.3 Å². The summed E-state index contributed by atoms with van der Waals surface area (Å²) in [7, 11) is -0.851. The molecule has 7 nitrogen and oxygen atoms in total. The first-order chi connectivity index (χ1) is 12.9. The maximum absolute atomic E-state index is 13.0. The monoisotopic (exact) mass is 392 g/mol. The molecule has 27 heavy (non-hydrogen) atoms. The Kier molecular flexibility index (Phi) is 5.98. The van der Waals surface area contributed by atoms with Crippen LogP contribution in [0.1, 0.15) is 11.1 Å². The average Bonchev–Trinajstić information content (AvgIpc) is 3.08. The van der Waals surface area contributed by atoms with Crippen molar-refractivity contribution in [1.82, 2.24) is 9.71 Å². The molecule has 0 aliphatic carbocycles. The van der Waals surface area contributed by atoms with Gasteiger partial charge in [-0.15, -0.1) is 0 Å². The van der Waals surface area contributed by atoms with Crippen LogP contribution in [0.5, 0.6) is 11.5 Å². The summed E-state index contributed by atoms with van der Waals surface area (Å²) in [4.78, 5) is 4.07. The molecule has 1 aliphatic heterocycles. The molecule has 2 aromatic rings. The first-order valence-corrected chi connectivity index (χ1v) is 10.1. The Balaban J connectivity index is 1.83. The SMILES string of the molecule is COc1cc(S(=O)(=O)N[C@@H]2COC[C@H]2Cc2ccncc2)c(OC)cc1C. The molecule has 0 unspecified atom stereocenters. The first-order valence-electron chi connectivity index (χ1n) is 8.66. The largest absolute Gasteiger partial charge is 0.496 e. The molecule has 0 amide bonds. The number of nitrogens with zero attached hydrogens (tertiary/aromatic N) is 1. The second-order valence-corrected chi connectivity index (χ2v) is 8.24. The van der Waals surface area contributed by atoms with Crippen LogP contribution in [0, 0.1) is 12.8 Å². The minimum Gasteiger partial charge on any atom is -0.496 e. The molecule has 8 heteroatoms. The number of nitrogens with one attached hydrogen (secondary N) is 1. The predicted molar refractivity (Wildman–Crippen MR) is 101 cm³/mol. The van der Waals surface area contributed by atoms with E-state index in [0.717, 1.165) is 11.1 Å². The highest BCUT2D eigenvalue weighted by Gasteiger charge is 2.33. The van der Waals surface area contributed by atoms with E-state index in [1.54, 1.807) is 18.5 Å². The summed E-state index contributed by atoms with van der Waals surface area (Å²) in [5, 5.41) is 0. The molecule has 1 saturated heterocycles. The highest BCUT2D eigenvalue weighted by molar-refractivity contribution is 7.89. The van der Waals surface area contributed by atoms with E-state index in [0.29, 0.717) is 25.4 Å². The van der Waals surface area contributed by atoms with Crippen LogP contribution in [0.15, 0.2) is 41.6 Å². The van der Waals surface area contributed by atoms with Crippen molar-refractivity contribution < 1.29 is 22.6 Å². The van der Waals surface area contributed by atoms with Crippen LogP contribution < -0.4 is 14.2 Å². The van der Waals surface area contributed by atoms with Crippen molar-refractivity contribution in [1.29, 1.82) is 0 Å². The second-order valence-electron chi connectivity index (χ2n) is 6.56. The number of aryl methyl sites for hydroxylation is 1. The number of methoxy groups -OCH3 is 2. The smallest absolute Gasteiger partial charge is 0.244 e. The molecule has 0 radical (unpaired) electrons. The lowest BCUT2D eigenvalue weighted by molar-refractivity contribution is 0.183. The minimum absolute atomic E-state index is 0.0421. The molecule has 0 saturated carbocycles. The van der Waals surface area contributed by atoms with Gasteiger partial charge in [-0.05, 0) is 42.7 Å². The summed E-state index contributed by atoms with van der Waals surface area (Å²) in [6.07, 6.45) is 4.17. The Morgan fingerprint density at radius 1 is 1.15 bits per heavy atom. The molecule has 146 valence electrons. The molecule has 0 bridgehead atoms. The Morgan fingerprint density at radius 3 is 2.52 bits per heavy atom. The van der Waals surface area contributed by atoms with Gasteiger partial charge in [0, 0.05) is 24.4 Å². The van der Waals surface area contributed by atoms with Gasteiger partial charge in [-0.3, -0.25) is 4.98 Å². The minimum atomic E-state index is -3.81. The number of benzene rings is 1. The van der Waals surface area contributed by atoms with Crippen LogP contribution >= 0.6 is 0 Å². The van der Waals surface area contributed by atoms with E-state index in [4.69, 9.17) is 14.2 Å². The topological polar surface area (TPSA) is 86.8 Å². The molecule has 0 spiro atoms. The van der Waals surface area contributed by atoms with Gasteiger partial charge < -0.3 is 14.2 Å². The summed E-state index contributed by atoms with van der Waals surface area (Å²) in [6.45, 7) is 2.67. The number of sulfonamides is 1. The fraction of sp³-hybridized carbons (Fsp3) is 0.421. The first kappa shape index (κ1) is 19.6. The molecule has 2 atom stereocenters. The van der Waals surface area contributed by atoms with E-state index in [2.05, 4.69) is 9.71 Å². The van der Waals surface area contributed by atoms with E-state index in [9.17, 15) is 8.42 Å². The molecule has 1 N–H and O–H groups in total. The standard InChI is InChI=1S/C19H24N2O5S/c1-13-8-18(25-3)19(10-17(13)24-2)27(22,23)21-16-12-26-11-15(16)9-14-4-6-20-7-5-14/h4-8,10,15-16,21H,9,11-12H2,1-3H3/t15-,16-/m1/s1. The zero-order chi connectivity index (χ0) is 19.4. The van der Waals surface area contributed by atoms with Gasteiger partial charge in [0.05, 0.1) is 33.5 Å². The average molecular weight is 392 g/mol. The second kappa shape index (κ2) is 8.24. The normalized spacial score (nSPS) is 19.8. The van der Waals surface area contributed by atoms with Crippen LogP contribution in [-0.4, -0.2) is 46.9 Å². The van der Waals surface area contributed by atoms with Gasteiger partial charge in [-0.25, -0.2) is 13.1 Å². The van der Waals surface area contributed by atoms with Crippen LogP contribution in [0.2, 0.25) is 0 Å². The van der Waals surface area contributed by atoms with Gasteiger partial charge in [0.25, 0.3) is 0 Å². The number of ether oxygens (including phenoxy) is 3. The Morgan fingerprint density at radius 2 is 1.85 bits per heavy atom. The predicted octanol–water partition coefficient (Wildman–Crippen LogP) is 1.94. The van der Waals surface area contributed by atoms with Crippen molar-refractivity contribution in [3.8, 4) is 11.5 Å². The summed E-state index contributed by atoms with van der Waals surface area (Å²) in [5.74, 6) is 0.818. The van der Waals surface area contributed by atoms with Crippen LogP contribution in [0.3, 0.4) is 0 Å². The zero-order valence-electron chi connectivity index (χ0n) is 15.6.